The summed E-state index contributed by atoms with van der Waals surface area (Å²) in [6.07, 6.45) is 6.42. The van der Waals surface area contributed by atoms with Crippen molar-refractivity contribution in [1.29, 1.82) is 0 Å². The van der Waals surface area contributed by atoms with Gasteiger partial charge in [-0.05, 0) is 47.6 Å². The van der Waals surface area contributed by atoms with Crippen molar-refractivity contribution in [2.75, 3.05) is 14.2 Å². The molecule has 0 aromatic carbocycles. The zero-order valence-electron chi connectivity index (χ0n) is 16.0. The van der Waals surface area contributed by atoms with Crippen LogP contribution in [0.3, 0.4) is 0 Å². The lowest BCUT2D eigenvalue weighted by Crippen LogP contribution is -2.60. The maximum atomic E-state index is 5.71. The third-order valence-electron chi connectivity index (χ3n) is 4.93. The van der Waals surface area contributed by atoms with Crippen molar-refractivity contribution < 1.29 is 4.74 Å². The molecule has 0 spiro atoms. The van der Waals surface area contributed by atoms with Crippen LogP contribution in [-0.2, 0) is 4.74 Å². The van der Waals surface area contributed by atoms with E-state index in [1.807, 2.05) is 21.0 Å². The van der Waals surface area contributed by atoms with Crippen LogP contribution in [0.5, 0.6) is 0 Å². The van der Waals surface area contributed by atoms with E-state index in [9.17, 15) is 0 Å². The van der Waals surface area contributed by atoms with Crippen LogP contribution in [-0.4, -0.2) is 36.2 Å². The smallest absolute Gasteiger partial charge is 0.0800 e. The lowest BCUT2D eigenvalue weighted by Gasteiger charge is -2.50. The summed E-state index contributed by atoms with van der Waals surface area (Å²) in [7, 11) is 4.08. The molecule has 20 heavy (non-hydrogen) atoms. The minimum absolute atomic E-state index is 0.0370. The second-order valence-electron chi connectivity index (χ2n) is 6.47. The molecule has 2 nitrogen and oxygen atoms in total. The number of hydrogen-bond acceptors (Lipinski definition) is 2. The largest absolute Gasteiger partial charge is 0.377 e. The van der Waals surface area contributed by atoms with Crippen molar-refractivity contribution in [2.45, 2.75) is 105 Å². The van der Waals surface area contributed by atoms with Crippen LogP contribution in [0.2, 0.25) is 0 Å². The molecule has 0 saturated carbocycles. The van der Waals surface area contributed by atoms with Crippen LogP contribution in [0.15, 0.2) is 0 Å². The molecular weight excluding hydrogens is 246 g/mol. The van der Waals surface area contributed by atoms with Gasteiger partial charge in [0.2, 0.25) is 0 Å². The molecule has 0 aliphatic rings. The van der Waals surface area contributed by atoms with Crippen molar-refractivity contribution in [3.8, 4) is 0 Å². The van der Waals surface area contributed by atoms with Gasteiger partial charge in [-0.2, -0.15) is 0 Å². The van der Waals surface area contributed by atoms with E-state index >= 15 is 0 Å². The van der Waals surface area contributed by atoms with Crippen LogP contribution < -0.4 is 0 Å². The van der Waals surface area contributed by atoms with Gasteiger partial charge in [0.25, 0.3) is 0 Å². The molecule has 0 radical (unpaired) electrons. The minimum atomic E-state index is -0.139. The first-order valence-electron chi connectivity index (χ1n) is 8.52. The van der Waals surface area contributed by atoms with E-state index in [0.717, 1.165) is 0 Å². The van der Waals surface area contributed by atoms with Gasteiger partial charge < -0.3 is 4.74 Å². The normalized spacial score (nSPS) is 13.9. The summed E-state index contributed by atoms with van der Waals surface area (Å²) in [4.78, 5) is 2.54. The van der Waals surface area contributed by atoms with Gasteiger partial charge >= 0.3 is 0 Å². The fourth-order valence-corrected chi connectivity index (χ4v) is 2.44. The van der Waals surface area contributed by atoms with Gasteiger partial charge in [-0.25, -0.2) is 0 Å². The molecule has 0 fully saturated rings. The molecule has 0 aliphatic carbocycles. The van der Waals surface area contributed by atoms with Gasteiger partial charge in [0, 0.05) is 18.7 Å². The zero-order valence-corrected chi connectivity index (χ0v) is 16.0. The number of nitrogens with zero attached hydrogens (tertiary/aromatic N) is 1. The Hall–Kier alpha value is -0.0800. The highest BCUT2D eigenvalue weighted by atomic mass is 16.5. The van der Waals surface area contributed by atoms with Gasteiger partial charge in [-0.1, -0.05) is 47.0 Å². The molecule has 0 bridgehead atoms. The Bertz CT molecular complexity index is 223. The first-order valence-corrected chi connectivity index (χ1v) is 8.52. The predicted molar refractivity (Wildman–Crippen MR) is 92.5 cm³/mol. The van der Waals surface area contributed by atoms with Crippen molar-refractivity contribution in [3.63, 3.8) is 0 Å². The Balaban J connectivity index is 0. The Kier molecular flexibility index (Phi) is 11.8. The molecule has 2 heteroatoms. The monoisotopic (exact) mass is 287 g/mol. The van der Waals surface area contributed by atoms with E-state index in [2.05, 4.69) is 53.5 Å². The highest BCUT2D eigenvalue weighted by Gasteiger charge is 2.42. The summed E-state index contributed by atoms with van der Waals surface area (Å²) in [5.41, 5.74) is -0.102. The Morgan fingerprint density at radius 1 is 0.950 bits per heavy atom. The maximum Gasteiger partial charge on any atom is 0.0800 e. The van der Waals surface area contributed by atoms with Gasteiger partial charge in [0.1, 0.15) is 0 Å². The molecule has 0 aromatic rings. The molecule has 0 aromatic heterocycles. The topological polar surface area (TPSA) is 12.5 Å². The summed E-state index contributed by atoms with van der Waals surface area (Å²) in [6, 6.07) is 0.666. The quantitative estimate of drug-likeness (QED) is 0.554. The summed E-state index contributed by atoms with van der Waals surface area (Å²) in [6.45, 7) is 17.5. The molecule has 0 saturated heterocycles. The van der Waals surface area contributed by atoms with Gasteiger partial charge in [-0.15, -0.1) is 0 Å². The van der Waals surface area contributed by atoms with Crippen LogP contribution in [0.25, 0.3) is 0 Å². The second-order valence-corrected chi connectivity index (χ2v) is 6.47. The highest BCUT2D eigenvalue weighted by Crippen LogP contribution is 2.33. The van der Waals surface area contributed by atoms with E-state index in [1.54, 1.807) is 0 Å². The first-order chi connectivity index (χ1) is 9.24. The number of hydrogen-bond donors (Lipinski definition) is 0. The van der Waals surface area contributed by atoms with Gasteiger partial charge in [0.05, 0.1) is 5.60 Å². The third kappa shape index (κ3) is 6.13. The van der Waals surface area contributed by atoms with Crippen molar-refractivity contribution in [3.05, 3.63) is 0 Å². The highest BCUT2D eigenvalue weighted by molar-refractivity contribution is 4.97. The SMILES string of the molecule is CC.CCCCC(CCC)N(C)C(C)(C)C(C)(C)OC. The standard InChI is InChI=1S/C16H35NO.C2H6/c1-9-11-13-14(12-10-2)17(7)15(3,4)16(5,6)18-8;1-2/h14H,9-13H2,1-8H3;1-2H3. The van der Waals surface area contributed by atoms with Crippen LogP contribution in [0.4, 0.5) is 0 Å². The molecule has 0 heterocycles. The summed E-state index contributed by atoms with van der Waals surface area (Å²) in [5, 5.41) is 0. The average molecular weight is 288 g/mol. The molecule has 0 N–H and O–H groups in total. The van der Waals surface area contributed by atoms with Crippen molar-refractivity contribution in [1.82, 2.24) is 4.90 Å². The Morgan fingerprint density at radius 3 is 1.80 bits per heavy atom. The number of methoxy groups -OCH3 is 1. The van der Waals surface area contributed by atoms with Gasteiger partial charge in [-0.3, -0.25) is 4.90 Å². The van der Waals surface area contributed by atoms with Gasteiger partial charge in [0.15, 0.2) is 0 Å². The molecular formula is C18H41NO. The number of likely N-dealkylation sites (N-methyl/N-ethyl adjacent to an activating group) is 1. The third-order valence-corrected chi connectivity index (χ3v) is 4.93. The summed E-state index contributed by atoms with van der Waals surface area (Å²) >= 11 is 0. The molecule has 124 valence electrons. The van der Waals surface area contributed by atoms with Crippen LogP contribution >= 0.6 is 0 Å². The van der Waals surface area contributed by atoms with E-state index in [1.165, 1.54) is 32.1 Å². The Labute approximate surface area is 129 Å². The molecule has 0 aliphatic heterocycles. The van der Waals surface area contributed by atoms with E-state index in [4.69, 9.17) is 4.74 Å². The summed E-state index contributed by atoms with van der Waals surface area (Å²) in [5.74, 6) is 0. The van der Waals surface area contributed by atoms with E-state index < -0.39 is 0 Å². The number of unbranched alkanes of at least 4 members (excludes halogenated alkanes) is 1. The summed E-state index contributed by atoms with van der Waals surface area (Å²) < 4.78 is 5.71. The zero-order chi connectivity index (χ0) is 16.4. The lowest BCUT2D eigenvalue weighted by atomic mass is 9.82. The Morgan fingerprint density at radius 2 is 1.45 bits per heavy atom. The molecule has 0 rings (SSSR count). The van der Waals surface area contributed by atoms with Crippen LogP contribution in [0, 0.1) is 0 Å². The second kappa shape index (κ2) is 10.6. The molecule has 0 amide bonds. The fourth-order valence-electron chi connectivity index (χ4n) is 2.44. The lowest BCUT2D eigenvalue weighted by molar-refractivity contribution is -0.104. The van der Waals surface area contributed by atoms with Crippen molar-refractivity contribution in [2.24, 2.45) is 0 Å². The van der Waals surface area contributed by atoms with Crippen molar-refractivity contribution >= 4 is 0 Å². The molecule has 1 atom stereocenters. The van der Waals surface area contributed by atoms with E-state index in [0.29, 0.717) is 6.04 Å². The van der Waals surface area contributed by atoms with E-state index in [-0.39, 0.29) is 11.1 Å². The molecule has 1 unspecified atom stereocenters. The average Bonchev–Trinajstić information content (AvgIpc) is 2.44. The minimum Gasteiger partial charge on any atom is -0.377 e. The fraction of sp³-hybridized carbons (Fsp3) is 1.00. The first kappa shape index (κ1) is 22.2. The predicted octanol–water partition coefficient (Wildman–Crippen LogP) is 5.51. The number of ether oxygens (including phenoxy) is 1. The number of rotatable bonds is 9. The van der Waals surface area contributed by atoms with Crippen LogP contribution in [0.1, 0.15) is 87.5 Å². The maximum absolute atomic E-state index is 5.71.